The van der Waals surface area contributed by atoms with E-state index in [-0.39, 0.29) is 27.6 Å². The van der Waals surface area contributed by atoms with Crippen LogP contribution in [0.2, 0.25) is 10.0 Å². The Hall–Kier alpha value is -8.57. The van der Waals surface area contributed by atoms with Crippen LogP contribution in [-0.2, 0) is 81.9 Å². The summed E-state index contributed by atoms with van der Waals surface area (Å²) in [5.41, 5.74) is 6.57. The van der Waals surface area contributed by atoms with Crippen LogP contribution in [-0.4, -0.2) is 107 Å². The highest BCUT2D eigenvalue weighted by atomic mass is 35.5. The lowest BCUT2D eigenvalue weighted by molar-refractivity contribution is -0.144. The minimum absolute atomic E-state index is 0.00623. The molecule has 3 aliphatic heterocycles. The number of ether oxygens (including phenoxy) is 4. The second kappa shape index (κ2) is 29.8. The van der Waals surface area contributed by atoms with Crippen molar-refractivity contribution in [2.75, 3.05) is 32.7 Å². The molecule has 0 spiro atoms. The molecule has 7 aromatic rings. The van der Waals surface area contributed by atoms with Gasteiger partial charge in [-0.1, -0.05) is 126 Å². The standard InChI is InChI=1S/C23H32N2O4.C18H17NO3.C16H17N3O5S.C9H8Cl2O3/c1-7-16-13-15(3)14-17(8-2)18(16)19-20(26)24-9-11-28-12-10-25(24)21(19)29-22(27)23(4,5)6;1-2-21-17(20)16-13-18(22-19-16,14-9-5-3-6-10-14)15-11-7-4-8-12-15;1-9-10(15(20)11-8-17-19(2)16(11)21)4-5-13(25(3,22)23)14(9)12-6-7-24-18-12;1-5(9(12)13)14-8-3-2-6(10)4-7(8)11/h13-14H,7-12H2,1-6H3;3-12H,2,13H2,1H3;4-5,8,17H,6-7H2,1-3H3;2-5H,1H3,(H,12,13). The van der Waals surface area contributed by atoms with Gasteiger partial charge in [0.05, 0.1) is 60.4 Å². The molecule has 0 amide bonds. The molecule has 0 saturated carbocycles. The van der Waals surface area contributed by atoms with E-state index >= 15 is 0 Å². The van der Waals surface area contributed by atoms with Crippen LogP contribution in [0.1, 0.15) is 116 Å². The molecule has 10 rings (SSSR count). The number of benzene rings is 5. The molecule has 90 heavy (non-hydrogen) atoms. The topological polar surface area (TPSA) is 267 Å². The van der Waals surface area contributed by atoms with E-state index in [2.05, 4.69) is 48.3 Å². The largest absolute Gasteiger partial charge is 0.479 e. The summed E-state index contributed by atoms with van der Waals surface area (Å²) in [6.07, 6.45) is 3.91. The molecule has 3 aliphatic rings. The summed E-state index contributed by atoms with van der Waals surface area (Å²) >= 11 is 11.4. The smallest absolute Gasteiger partial charge is 0.356 e. The zero-order valence-electron chi connectivity index (χ0n) is 52.1. The molecule has 0 fully saturated rings. The average Bonchev–Trinajstić information content (AvgIpc) is 1.55. The summed E-state index contributed by atoms with van der Waals surface area (Å²) < 4.78 is 50.5. The summed E-state index contributed by atoms with van der Waals surface area (Å²) in [5, 5.41) is 19.9. The highest BCUT2D eigenvalue weighted by Crippen LogP contribution is 2.42. The monoisotopic (exact) mass is 1290 g/mol. The van der Waals surface area contributed by atoms with Gasteiger partial charge in [-0.3, -0.25) is 23.9 Å². The molecule has 2 N–H and O–H groups in total. The lowest BCUT2D eigenvalue weighted by atomic mass is 9.82. The first-order valence-corrected chi connectivity index (χ1v) is 31.8. The van der Waals surface area contributed by atoms with Crippen LogP contribution in [0.15, 0.2) is 134 Å². The van der Waals surface area contributed by atoms with Crippen molar-refractivity contribution < 1.29 is 61.3 Å². The predicted molar refractivity (Wildman–Crippen MR) is 342 cm³/mol. The van der Waals surface area contributed by atoms with Crippen molar-refractivity contribution in [1.29, 1.82) is 0 Å². The van der Waals surface area contributed by atoms with E-state index < -0.39 is 50.2 Å². The third kappa shape index (κ3) is 15.9. The maximum absolute atomic E-state index is 13.5. The van der Waals surface area contributed by atoms with Crippen molar-refractivity contribution in [2.24, 2.45) is 22.8 Å². The summed E-state index contributed by atoms with van der Waals surface area (Å²) in [5.74, 6) is -1.64. The van der Waals surface area contributed by atoms with E-state index in [1.807, 2.05) is 81.4 Å². The Labute approximate surface area is 532 Å². The van der Waals surface area contributed by atoms with Gasteiger partial charge in [0.25, 0.3) is 11.1 Å². The van der Waals surface area contributed by atoms with E-state index in [0.29, 0.717) is 102 Å². The Kier molecular flexibility index (Phi) is 22.8. The van der Waals surface area contributed by atoms with Crippen molar-refractivity contribution in [2.45, 2.75) is 118 Å². The van der Waals surface area contributed by atoms with Crippen LogP contribution >= 0.6 is 23.2 Å². The van der Waals surface area contributed by atoms with Gasteiger partial charge in [-0.05, 0) is 114 Å². The van der Waals surface area contributed by atoms with Gasteiger partial charge in [0.1, 0.15) is 23.5 Å². The lowest BCUT2D eigenvalue weighted by Crippen LogP contribution is -2.29. The molecule has 21 nitrogen and oxygen atoms in total. The first-order valence-electron chi connectivity index (χ1n) is 29.1. The second-order valence-corrected chi connectivity index (χ2v) is 25.1. The van der Waals surface area contributed by atoms with Crippen LogP contribution in [0.3, 0.4) is 0 Å². The quantitative estimate of drug-likeness (QED) is 0.0714. The molecule has 1 unspecified atom stereocenters. The molecule has 2 aromatic heterocycles. The summed E-state index contributed by atoms with van der Waals surface area (Å²) in [6, 6.07) is 31.3. The lowest BCUT2D eigenvalue weighted by Gasteiger charge is -2.27. The molecule has 0 bridgehead atoms. The van der Waals surface area contributed by atoms with Gasteiger partial charge >= 0.3 is 17.9 Å². The van der Waals surface area contributed by atoms with Crippen LogP contribution in [0.5, 0.6) is 11.6 Å². The number of aromatic amines is 1. The number of rotatable bonds is 15. The fourth-order valence-electron chi connectivity index (χ4n) is 10.1. The number of fused-ring (bicyclic) bond motifs is 1. The number of oxime groups is 2. The van der Waals surface area contributed by atoms with Gasteiger partial charge in [0, 0.05) is 53.2 Å². The maximum Gasteiger partial charge on any atom is 0.356 e. The molecule has 5 heterocycles. The number of sulfone groups is 1. The Morgan fingerprint density at radius 1 is 0.789 bits per heavy atom. The maximum atomic E-state index is 13.5. The van der Waals surface area contributed by atoms with E-state index in [0.717, 1.165) is 46.9 Å². The number of halogens is 2. The Bertz CT molecular complexity index is 4020. The number of H-pyrrole nitrogens is 1. The number of hydrogen-bond donors (Lipinski definition) is 2. The SMILES string of the molecule is CC(Oc1ccc(Cl)cc1Cl)C(=O)O.CCOC(=O)C1=NOC(c2ccccc2)(c2ccccc2)C1.CCc1cc(C)cc(CC)c1-c1c(OC(=O)C(C)(C)C)n2n(c1=O)CCOCC2.Cc1c(C(=O)c2c[nH]n(C)c2=O)ccc(S(C)(=O)=O)c1C1=NOCC1. The van der Waals surface area contributed by atoms with E-state index in [1.54, 1.807) is 29.3 Å². The van der Waals surface area contributed by atoms with Crippen LogP contribution < -0.4 is 20.6 Å². The fourth-order valence-corrected chi connectivity index (χ4v) is 11.5. The highest BCUT2D eigenvalue weighted by molar-refractivity contribution is 7.90. The average molecular weight is 1290 g/mol. The fraction of sp³-hybridized carbons (Fsp3) is 0.364. The number of ketones is 1. The van der Waals surface area contributed by atoms with Crippen LogP contribution in [0, 0.1) is 19.3 Å². The number of nitrogens with zero attached hydrogens (tertiary/aromatic N) is 5. The first-order chi connectivity index (χ1) is 42.7. The number of hydrogen-bond acceptors (Lipinski definition) is 16. The molecule has 5 aromatic carbocycles. The molecule has 0 radical (unpaired) electrons. The summed E-state index contributed by atoms with van der Waals surface area (Å²) in [4.78, 5) is 84.4. The minimum atomic E-state index is -3.52. The molecule has 1 atom stereocenters. The molecule has 0 aliphatic carbocycles. The van der Waals surface area contributed by atoms with E-state index in [1.165, 1.54) is 54.7 Å². The van der Waals surface area contributed by atoms with Gasteiger partial charge in [-0.15, -0.1) is 0 Å². The number of carboxylic acids is 1. The number of carbonyl (C=O) groups excluding carboxylic acids is 3. The van der Waals surface area contributed by atoms with Crippen LogP contribution in [0.25, 0.3) is 11.1 Å². The van der Waals surface area contributed by atoms with Gasteiger partial charge in [0.2, 0.25) is 5.88 Å². The number of aryl methyl sites for hydroxylation is 4. The second-order valence-electron chi connectivity index (χ2n) is 22.3. The number of carboxylic acid groups (broad SMARTS) is 1. The summed E-state index contributed by atoms with van der Waals surface area (Å²) in [6.45, 7) is 19.1. The van der Waals surface area contributed by atoms with Crippen molar-refractivity contribution >= 4 is 68.2 Å². The van der Waals surface area contributed by atoms with Crippen molar-refractivity contribution in [3.8, 4) is 22.8 Å². The number of nitrogens with one attached hydrogen (secondary N) is 1. The van der Waals surface area contributed by atoms with Crippen molar-refractivity contribution in [3.05, 3.63) is 190 Å². The first kappa shape index (κ1) is 68.9. The summed E-state index contributed by atoms with van der Waals surface area (Å²) in [7, 11) is -2.02. The number of carbonyl (C=O) groups is 4. The molecule has 0 saturated heterocycles. The Balaban J connectivity index is 0.000000175. The van der Waals surface area contributed by atoms with Gasteiger partial charge in [-0.2, -0.15) is 0 Å². The van der Waals surface area contributed by atoms with E-state index in [9.17, 15) is 37.2 Å². The van der Waals surface area contributed by atoms with Crippen molar-refractivity contribution in [1.82, 2.24) is 19.1 Å². The predicted octanol–water partition coefficient (Wildman–Crippen LogP) is 10.6. The van der Waals surface area contributed by atoms with E-state index in [4.69, 9.17) is 56.9 Å². The minimum Gasteiger partial charge on any atom is -0.479 e. The zero-order valence-corrected chi connectivity index (χ0v) is 54.4. The van der Waals surface area contributed by atoms with Gasteiger partial charge in [0.15, 0.2) is 33.0 Å². The number of aliphatic carboxylic acids is 1. The third-order valence-electron chi connectivity index (χ3n) is 14.8. The zero-order chi connectivity index (χ0) is 65.8. The highest BCUT2D eigenvalue weighted by Gasteiger charge is 2.45. The van der Waals surface area contributed by atoms with Gasteiger partial charge in [-0.25, -0.2) is 27.4 Å². The molecule has 478 valence electrons. The Morgan fingerprint density at radius 2 is 1.40 bits per heavy atom. The third-order valence-corrected chi connectivity index (χ3v) is 16.4. The number of aromatic nitrogens is 4. The normalized spacial score (nSPS) is 14.4. The van der Waals surface area contributed by atoms with Crippen molar-refractivity contribution in [3.63, 3.8) is 0 Å². The van der Waals surface area contributed by atoms with Crippen LogP contribution in [0.4, 0.5) is 0 Å². The molecular weight excluding hydrogens is 1220 g/mol. The van der Waals surface area contributed by atoms with Gasteiger partial charge < -0.3 is 38.8 Å². The Morgan fingerprint density at radius 3 is 1.91 bits per heavy atom. The number of esters is 2. The molecular formula is C66H74Cl2N6O15S. The molecule has 24 heteroatoms.